The van der Waals surface area contributed by atoms with Crippen LogP contribution in [0.25, 0.3) is 11.3 Å². The zero-order chi connectivity index (χ0) is 13.8. The lowest BCUT2D eigenvalue weighted by molar-refractivity contribution is 1.13. The normalized spacial score (nSPS) is 10.5. The van der Waals surface area contributed by atoms with E-state index < -0.39 is 0 Å². The molecule has 0 bridgehead atoms. The number of rotatable bonds is 4. The van der Waals surface area contributed by atoms with Crippen molar-refractivity contribution in [1.29, 1.82) is 0 Å². The molecule has 0 atom stereocenters. The fourth-order valence-electron chi connectivity index (χ4n) is 1.90. The fourth-order valence-corrected chi connectivity index (χ4v) is 2.43. The minimum atomic E-state index is 0.544. The minimum Gasteiger partial charge on any atom is -0.369 e. The summed E-state index contributed by atoms with van der Waals surface area (Å²) in [6.07, 6.45) is 0.985. The highest BCUT2D eigenvalue weighted by Crippen LogP contribution is 2.32. The molecular weight excluding hydrogens is 279 g/mol. The number of halogens is 2. The first kappa shape index (κ1) is 14.2. The molecule has 2 aromatic rings. The molecule has 0 unspecified atom stereocenters. The van der Waals surface area contributed by atoms with Crippen molar-refractivity contribution in [2.24, 2.45) is 0 Å². The SMILES string of the molecule is CCNc1nc(-c2cccc(CC)c2)c(Cl)cc1Cl. The summed E-state index contributed by atoms with van der Waals surface area (Å²) in [5, 5.41) is 4.25. The van der Waals surface area contributed by atoms with Crippen molar-refractivity contribution in [3.8, 4) is 11.3 Å². The maximum Gasteiger partial charge on any atom is 0.145 e. The first-order valence-corrected chi connectivity index (χ1v) is 7.10. The first-order valence-electron chi connectivity index (χ1n) is 6.35. The summed E-state index contributed by atoms with van der Waals surface area (Å²) in [6, 6.07) is 9.98. The average Bonchev–Trinajstić information content (AvgIpc) is 2.42. The molecule has 0 radical (unpaired) electrons. The lowest BCUT2D eigenvalue weighted by atomic mass is 10.1. The van der Waals surface area contributed by atoms with E-state index in [-0.39, 0.29) is 0 Å². The van der Waals surface area contributed by atoms with E-state index in [0.29, 0.717) is 15.9 Å². The van der Waals surface area contributed by atoms with Gasteiger partial charge in [0.2, 0.25) is 0 Å². The first-order chi connectivity index (χ1) is 9.15. The molecule has 1 N–H and O–H groups in total. The van der Waals surface area contributed by atoms with Crippen molar-refractivity contribution in [3.63, 3.8) is 0 Å². The summed E-state index contributed by atoms with van der Waals surface area (Å²) in [5.74, 6) is 0.672. The number of nitrogens with one attached hydrogen (secondary N) is 1. The van der Waals surface area contributed by atoms with E-state index >= 15 is 0 Å². The third kappa shape index (κ3) is 3.20. The third-order valence-electron chi connectivity index (χ3n) is 2.88. The van der Waals surface area contributed by atoms with Gasteiger partial charge in [0.1, 0.15) is 5.82 Å². The quantitative estimate of drug-likeness (QED) is 0.853. The lowest BCUT2D eigenvalue weighted by Gasteiger charge is -2.10. The molecule has 1 aromatic heterocycles. The third-order valence-corrected chi connectivity index (χ3v) is 3.46. The topological polar surface area (TPSA) is 24.9 Å². The Morgan fingerprint density at radius 3 is 2.58 bits per heavy atom. The molecule has 100 valence electrons. The van der Waals surface area contributed by atoms with E-state index in [9.17, 15) is 0 Å². The second-order valence-corrected chi connectivity index (χ2v) is 5.05. The maximum absolute atomic E-state index is 6.26. The van der Waals surface area contributed by atoms with Gasteiger partial charge in [-0.1, -0.05) is 48.3 Å². The molecule has 0 spiro atoms. The highest BCUT2D eigenvalue weighted by molar-refractivity contribution is 6.37. The zero-order valence-corrected chi connectivity index (χ0v) is 12.5. The van der Waals surface area contributed by atoms with Crippen LogP contribution in [0, 0.1) is 0 Å². The summed E-state index contributed by atoms with van der Waals surface area (Å²) in [5.41, 5.74) is 3.04. The van der Waals surface area contributed by atoms with Gasteiger partial charge in [-0.15, -0.1) is 0 Å². The number of hydrogen-bond acceptors (Lipinski definition) is 2. The summed E-state index contributed by atoms with van der Waals surface area (Å²) in [4.78, 5) is 4.53. The van der Waals surface area contributed by atoms with Gasteiger partial charge in [-0.2, -0.15) is 0 Å². The Kier molecular flexibility index (Phi) is 4.67. The van der Waals surface area contributed by atoms with Crippen LogP contribution in [-0.4, -0.2) is 11.5 Å². The van der Waals surface area contributed by atoms with Crippen LogP contribution < -0.4 is 5.32 Å². The predicted molar refractivity (Wildman–Crippen MR) is 83.2 cm³/mol. The number of aryl methyl sites for hydroxylation is 1. The monoisotopic (exact) mass is 294 g/mol. The van der Waals surface area contributed by atoms with Crippen LogP contribution in [0.4, 0.5) is 5.82 Å². The van der Waals surface area contributed by atoms with Crippen molar-refractivity contribution in [2.75, 3.05) is 11.9 Å². The van der Waals surface area contributed by atoms with E-state index in [4.69, 9.17) is 23.2 Å². The van der Waals surface area contributed by atoms with Gasteiger partial charge in [-0.25, -0.2) is 4.98 Å². The van der Waals surface area contributed by atoms with Crippen molar-refractivity contribution in [2.45, 2.75) is 20.3 Å². The van der Waals surface area contributed by atoms with Crippen LogP contribution in [0.5, 0.6) is 0 Å². The lowest BCUT2D eigenvalue weighted by Crippen LogP contribution is -2.01. The van der Waals surface area contributed by atoms with E-state index in [0.717, 1.165) is 24.2 Å². The summed E-state index contributed by atoms with van der Waals surface area (Å²) >= 11 is 12.4. The molecule has 0 saturated carbocycles. The summed E-state index contributed by atoms with van der Waals surface area (Å²) < 4.78 is 0. The number of hydrogen-bond donors (Lipinski definition) is 1. The molecule has 0 aliphatic carbocycles. The molecule has 0 saturated heterocycles. The van der Waals surface area contributed by atoms with Gasteiger partial charge in [0.15, 0.2) is 0 Å². The Morgan fingerprint density at radius 1 is 1.11 bits per heavy atom. The Hall–Kier alpha value is -1.25. The predicted octanol–water partition coefficient (Wildman–Crippen LogP) is 5.05. The van der Waals surface area contributed by atoms with E-state index in [1.807, 2.05) is 19.1 Å². The van der Waals surface area contributed by atoms with Crippen molar-refractivity contribution in [1.82, 2.24) is 4.98 Å². The largest absolute Gasteiger partial charge is 0.369 e. The second kappa shape index (κ2) is 6.27. The summed E-state index contributed by atoms with van der Waals surface area (Å²) in [7, 11) is 0. The van der Waals surface area contributed by atoms with Crippen LogP contribution in [0.2, 0.25) is 10.0 Å². The zero-order valence-electron chi connectivity index (χ0n) is 11.0. The fraction of sp³-hybridized carbons (Fsp3) is 0.267. The maximum atomic E-state index is 6.26. The highest BCUT2D eigenvalue weighted by atomic mass is 35.5. The molecule has 0 fully saturated rings. The molecule has 1 heterocycles. The highest BCUT2D eigenvalue weighted by Gasteiger charge is 2.11. The molecular formula is C15H16Cl2N2. The smallest absolute Gasteiger partial charge is 0.145 e. The van der Waals surface area contributed by atoms with Crippen molar-refractivity contribution >= 4 is 29.0 Å². The van der Waals surface area contributed by atoms with Gasteiger partial charge in [-0.3, -0.25) is 0 Å². The Labute approximate surface area is 123 Å². The van der Waals surface area contributed by atoms with Crippen molar-refractivity contribution < 1.29 is 0 Å². The van der Waals surface area contributed by atoms with Crippen LogP contribution in [0.3, 0.4) is 0 Å². The Balaban J connectivity index is 2.51. The standard InChI is InChI=1S/C15H16Cl2N2/c1-3-10-6-5-7-11(8-10)14-12(16)9-13(17)15(19-14)18-4-2/h5-9H,3-4H2,1-2H3,(H,18,19). The number of anilines is 1. The molecule has 19 heavy (non-hydrogen) atoms. The molecule has 0 amide bonds. The van der Waals surface area contributed by atoms with Crippen molar-refractivity contribution in [3.05, 3.63) is 45.9 Å². The van der Waals surface area contributed by atoms with Crippen LogP contribution >= 0.6 is 23.2 Å². The molecule has 2 nitrogen and oxygen atoms in total. The van der Waals surface area contributed by atoms with Gasteiger partial charge < -0.3 is 5.32 Å². The molecule has 1 aromatic carbocycles. The van der Waals surface area contributed by atoms with Gasteiger partial charge in [0.05, 0.1) is 15.7 Å². The van der Waals surface area contributed by atoms with Gasteiger partial charge in [0.25, 0.3) is 0 Å². The molecule has 0 aliphatic heterocycles. The molecule has 2 rings (SSSR count). The number of benzene rings is 1. The van der Waals surface area contributed by atoms with E-state index in [1.165, 1.54) is 5.56 Å². The molecule has 0 aliphatic rings. The van der Waals surface area contributed by atoms with E-state index in [2.05, 4.69) is 29.4 Å². The number of nitrogens with zero attached hydrogens (tertiary/aromatic N) is 1. The molecule has 4 heteroatoms. The van der Waals surface area contributed by atoms with Crippen LogP contribution in [0.15, 0.2) is 30.3 Å². The Bertz CT molecular complexity index is 582. The van der Waals surface area contributed by atoms with Gasteiger partial charge >= 0.3 is 0 Å². The second-order valence-electron chi connectivity index (χ2n) is 4.23. The van der Waals surface area contributed by atoms with Crippen LogP contribution in [-0.2, 0) is 6.42 Å². The number of pyridine rings is 1. The van der Waals surface area contributed by atoms with Gasteiger partial charge in [0, 0.05) is 12.1 Å². The number of aromatic nitrogens is 1. The van der Waals surface area contributed by atoms with Gasteiger partial charge in [-0.05, 0) is 31.0 Å². The van der Waals surface area contributed by atoms with E-state index in [1.54, 1.807) is 6.07 Å². The summed E-state index contributed by atoms with van der Waals surface area (Å²) in [6.45, 7) is 4.90. The van der Waals surface area contributed by atoms with Crippen LogP contribution in [0.1, 0.15) is 19.4 Å². The average molecular weight is 295 g/mol. The Morgan fingerprint density at radius 2 is 1.89 bits per heavy atom. The minimum absolute atomic E-state index is 0.544.